The zero-order valence-corrected chi connectivity index (χ0v) is 12.1. The largest absolute Gasteiger partial charge is 0.394 e. The molecule has 1 N–H and O–H groups in total. The minimum atomic E-state index is -0.0152. The smallest absolute Gasteiger partial charge is 0.254 e. The summed E-state index contributed by atoms with van der Waals surface area (Å²) >= 11 is 0. The molecule has 1 heterocycles. The molecule has 0 spiro atoms. The van der Waals surface area contributed by atoms with Crippen molar-refractivity contribution in [1.82, 2.24) is 4.90 Å². The highest BCUT2D eigenvalue weighted by Gasteiger charge is 2.34. The third kappa shape index (κ3) is 2.35. The van der Waals surface area contributed by atoms with Gasteiger partial charge in [0.1, 0.15) is 0 Å². The Morgan fingerprint density at radius 2 is 2.05 bits per heavy atom. The maximum atomic E-state index is 12.7. The van der Waals surface area contributed by atoms with E-state index in [1.165, 1.54) is 24.0 Å². The number of likely N-dealkylation sites (tertiary alicyclic amines) is 1. The quantitative estimate of drug-likeness (QED) is 0.899. The third-order valence-corrected chi connectivity index (χ3v) is 4.93. The van der Waals surface area contributed by atoms with Crippen LogP contribution in [0.4, 0.5) is 0 Å². The number of hydrogen-bond donors (Lipinski definition) is 1. The molecule has 2 aliphatic rings. The highest BCUT2D eigenvalue weighted by atomic mass is 16.3. The number of rotatable bonds is 2. The Labute approximate surface area is 120 Å². The van der Waals surface area contributed by atoms with Crippen molar-refractivity contribution < 1.29 is 9.90 Å². The summed E-state index contributed by atoms with van der Waals surface area (Å²) in [6, 6.07) is 6.14. The van der Waals surface area contributed by atoms with Gasteiger partial charge in [-0.3, -0.25) is 4.79 Å². The van der Waals surface area contributed by atoms with Crippen molar-refractivity contribution in [1.29, 1.82) is 0 Å². The Balaban J connectivity index is 1.83. The fraction of sp³-hybridized carbons (Fsp3) is 0.588. The highest BCUT2D eigenvalue weighted by molar-refractivity contribution is 5.95. The molecule has 1 aliphatic carbocycles. The van der Waals surface area contributed by atoms with Crippen molar-refractivity contribution in [3.05, 3.63) is 34.9 Å². The van der Waals surface area contributed by atoms with Gasteiger partial charge in [0.2, 0.25) is 0 Å². The van der Waals surface area contributed by atoms with Gasteiger partial charge in [0, 0.05) is 12.1 Å². The Bertz CT molecular complexity index is 512. The number of carbonyl (C=O) groups is 1. The number of nitrogens with zero attached hydrogens (tertiary/aromatic N) is 1. The first-order valence-corrected chi connectivity index (χ1v) is 7.74. The number of amides is 1. The minimum absolute atomic E-state index is 0.0152. The molecule has 0 bridgehead atoms. The number of aliphatic hydroxyl groups is 1. The van der Waals surface area contributed by atoms with Crippen LogP contribution in [0.1, 0.15) is 47.7 Å². The van der Waals surface area contributed by atoms with E-state index in [1.54, 1.807) is 0 Å². The summed E-state index contributed by atoms with van der Waals surface area (Å²) in [7, 11) is 0. The number of aryl methyl sites for hydroxylation is 2. The SMILES string of the molecule is CC1CCN(C(=O)c2ccc3c(c2)CCCC3)C1CO. The third-order valence-electron chi connectivity index (χ3n) is 4.93. The molecule has 20 heavy (non-hydrogen) atoms. The van der Waals surface area contributed by atoms with Gasteiger partial charge in [-0.1, -0.05) is 13.0 Å². The first kappa shape index (κ1) is 13.6. The normalized spacial score (nSPS) is 25.6. The average Bonchev–Trinajstić information content (AvgIpc) is 2.86. The Kier molecular flexibility index (Phi) is 3.79. The van der Waals surface area contributed by atoms with Crippen LogP contribution in [-0.4, -0.2) is 35.1 Å². The molecule has 0 saturated carbocycles. The first-order chi connectivity index (χ1) is 9.70. The van der Waals surface area contributed by atoms with Crippen molar-refractivity contribution in [2.45, 2.75) is 45.1 Å². The van der Waals surface area contributed by atoms with E-state index in [9.17, 15) is 9.90 Å². The van der Waals surface area contributed by atoms with Crippen LogP contribution < -0.4 is 0 Å². The van der Waals surface area contributed by atoms with E-state index in [-0.39, 0.29) is 18.6 Å². The fourth-order valence-corrected chi connectivity index (χ4v) is 3.57. The number of aliphatic hydroxyl groups excluding tert-OH is 1. The molecule has 0 aromatic heterocycles. The summed E-state index contributed by atoms with van der Waals surface area (Å²) < 4.78 is 0. The van der Waals surface area contributed by atoms with Crippen molar-refractivity contribution in [2.75, 3.05) is 13.2 Å². The summed E-state index contributed by atoms with van der Waals surface area (Å²) in [5.41, 5.74) is 3.54. The van der Waals surface area contributed by atoms with Crippen LogP contribution in [0.15, 0.2) is 18.2 Å². The van der Waals surface area contributed by atoms with Gasteiger partial charge in [-0.15, -0.1) is 0 Å². The van der Waals surface area contributed by atoms with Crippen molar-refractivity contribution in [3.63, 3.8) is 0 Å². The topological polar surface area (TPSA) is 40.5 Å². The number of benzene rings is 1. The summed E-state index contributed by atoms with van der Waals surface area (Å²) in [6.07, 6.45) is 5.71. The van der Waals surface area contributed by atoms with Crippen molar-refractivity contribution >= 4 is 5.91 Å². The van der Waals surface area contributed by atoms with Gasteiger partial charge in [0.15, 0.2) is 0 Å². The number of carbonyl (C=O) groups excluding carboxylic acids is 1. The molecule has 2 unspecified atom stereocenters. The van der Waals surface area contributed by atoms with Crippen molar-refractivity contribution in [3.8, 4) is 0 Å². The minimum Gasteiger partial charge on any atom is -0.394 e. The lowest BCUT2D eigenvalue weighted by atomic mass is 9.90. The van der Waals surface area contributed by atoms with Crippen LogP contribution in [-0.2, 0) is 12.8 Å². The molecule has 1 saturated heterocycles. The van der Waals surface area contributed by atoms with E-state index < -0.39 is 0 Å². The molecule has 1 aromatic carbocycles. The Hall–Kier alpha value is -1.35. The molecule has 1 aliphatic heterocycles. The molecular formula is C17H23NO2. The van der Waals surface area contributed by atoms with Gasteiger partial charge >= 0.3 is 0 Å². The fourth-order valence-electron chi connectivity index (χ4n) is 3.57. The van der Waals surface area contributed by atoms with Gasteiger partial charge < -0.3 is 10.0 Å². The summed E-state index contributed by atoms with van der Waals surface area (Å²) in [4.78, 5) is 14.5. The van der Waals surface area contributed by atoms with E-state index in [0.29, 0.717) is 5.92 Å². The summed E-state index contributed by atoms with van der Waals surface area (Å²) in [5.74, 6) is 0.475. The van der Waals surface area contributed by atoms with Crippen LogP contribution in [0.2, 0.25) is 0 Å². The van der Waals surface area contributed by atoms with Gasteiger partial charge in [-0.25, -0.2) is 0 Å². The van der Waals surface area contributed by atoms with E-state index in [2.05, 4.69) is 19.1 Å². The molecule has 0 radical (unpaired) electrons. The van der Waals surface area contributed by atoms with Crippen LogP contribution in [0.25, 0.3) is 0 Å². The van der Waals surface area contributed by atoms with E-state index in [1.807, 2.05) is 11.0 Å². The molecule has 2 atom stereocenters. The number of hydrogen-bond acceptors (Lipinski definition) is 2. The zero-order valence-electron chi connectivity index (χ0n) is 12.1. The number of fused-ring (bicyclic) bond motifs is 1. The lowest BCUT2D eigenvalue weighted by molar-refractivity contribution is 0.0648. The standard InChI is InChI=1S/C17H23NO2/c1-12-8-9-18(16(12)11-19)17(20)15-7-6-13-4-2-3-5-14(13)10-15/h6-7,10,12,16,19H,2-5,8-9,11H2,1H3. The van der Waals surface area contributed by atoms with Gasteiger partial charge in [0.05, 0.1) is 12.6 Å². The van der Waals surface area contributed by atoms with Crippen LogP contribution in [0.5, 0.6) is 0 Å². The average molecular weight is 273 g/mol. The molecule has 1 fully saturated rings. The Morgan fingerprint density at radius 3 is 2.80 bits per heavy atom. The molecule has 108 valence electrons. The van der Waals surface area contributed by atoms with E-state index in [4.69, 9.17) is 0 Å². The zero-order chi connectivity index (χ0) is 14.1. The summed E-state index contributed by atoms with van der Waals surface area (Å²) in [6.45, 7) is 2.95. The van der Waals surface area contributed by atoms with Gasteiger partial charge in [-0.05, 0) is 61.3 Å². The van der Waals surface area contributed by atoms with E-state index >= 15 is 0 Å². The second kappa shape index (κ2) is 5.57. The first-order valence-electron chi connectivity index (χ1n) is 7.74. The van der Waals surface area contributed by atoms with Gasteiger partial charge in [0.25, 0.3) is 5.91 Å². The molecule has 3 rings (SSSR count). The molecule has 3 nitrogen and oxygen atoms in total. The van der Waals surface area contributed by atoms with Gasteiger partial charge in [-0.2, -0.15) is 0 Å². The maximum absolute atomic E-state index is 12.7. The lowest BCUT2D eigenvalue weighted by Gasteiger charge is -2.26. The lowest BCUT2D eigenvalue weighted by Crippen LogP contribution is -2.39. The Morgan fingerprint density at radius 1 is 1.30 bits per heavy atom. The summed E-state index contributed by atoms with van der Waals surface area (Å²) in [5, 5.41) is 9.50. The molecular weight excluding hydrogens is 250 g/mol. The van der Waals surface area contributed by atoms with E-state index in [0.717, 1.165) is 31.4 Å². The van der Waals surface area contributed by atoms with Crippen molar-refractivity contribution in [2.24, 2.45) is 5.92 Å². The molecule has 1 amide bonds. The second-order valence-electron chi connectivity index (χ2n) is 6.21. The van der Waals surface area contributed by atoms with Crippen LogP contribution >= 0.6 is 0 Å². The second-order valence-corrected chi connectivity index (χ2v) is 6.21. The van der Waals surface area contributed by atoms with Crippen LogP contribution in [0.3, 0.4) is 0 Å². The highest BCUT2D eigenvalue weighted by Crippen LogP contribution is 2.27. The molecule has 3 heteroatoms. The van der Waals surface area contributed by atoms with Crippen LogP contribution in [0, 0.1) is 5.92 Å². The maximum Gasteiger partial charge on any atom is 0.254 e. The predicted octanol–water partition coefficient (Wildman–Crippen LogP) is 2.41. The monoisotopic (exact) mass is 273 g/mol. The molecule has 1 aromatic rings. The predicted molar refractivity (Wildman–Crippen MR) is 78.8 cm³/mol.